The van der Waals surface area contributed by atoms with Crippen LogP contribution in [0.4, 0.5) is 10.8 Å². The number of nitrogens with two attached hydrogens (primary N) is 1. The van der Waals surface area contributed by atoms with E-state index in [9.17, 15) is 10.1 Å². The lowest BCUT2D eigenvalue weighted by molar-refractivity contribution is -0.385. The van der Waals surface area contributed by atoms with Crippen LogP contribution in [0.1, 0.15) is 0 Å². The Morgan fingerprint density at radius 1 is 1.60 bits per heavy atom. The van der Waals surface area contributed by atoms with Crippen molar-refractivity contribution >= 4 is 32.4 Å². The van der Waals surface area contributed by atoms with E-state index in [0.717, 1.165) is 4.70 Å². The minimum Gasteiger partial charge on any atom is -0.490 e. The van der Waals surface area contributed by atoms with Gasteiger partial charge in [0, 0.05) is 12.1 Å². The summed E-state index contributed by atoms with van der Waals surface area (Å²) < 4.78 is 5.69. The molecule has 0 fully saturated rings. The van der Waals surface area contributed by atoms with E-state index in [0.29, 0.717) is 10.6 Å². The summed E-state index contributed by atoms with van der Waals surface area (Å²) in [6.45, 7) is 0. The Hall–Kier alpha value is -1.89. The van der Waals surface area contributed by atoms with Crippen molar-refractivity contribution in [1.29, 1.82) is 0 Å². The van der Waals surface area contributed by atoms with Crippen LogP contribution in [0.2, 0.25) is 0 Å². The topological polar surface area (TPSA) is 91.3 Å². The van der Waals surface area contributed by atoms with Crippen LogP contribution in [0, 0.1) is 10.1 Å². The van der Waals surface area contributed by atoms with Gasteiger partial charge in [0.2, 0.25) is 0 Å². The maximum Gasteiger partial charge on any atom is 0.313 e. The number of thiazole rings is 1. The molecule has 2 rings (SSSR count). The highest BCUT2D eigenvalue weighted by atomic mass is 32.1. The van der Waals surface area contributed by atoms with Crippen molar-refractivity contribution in [3.63, 3.8) is 0 Å². The van der Waals surface area contributed by atoms with Gasteiger partial charge < -0.3 is 10.5 Å². The van der Waals surface area contributed by atoms with Crippen molar-refractivity contribution in [1.82, 2.24) is 4.98 Å². The van der Waals surface area contributed by atoms with E-state index in [-0.39, 0.29) is 11.4 Å². The molecule has 0 saturated carbocycles. The van der Waals surface area contributed by atoms with Crippen molar-refractivity contribution in [3.8, 4) is 5.75 Å². The first-order valence-corrected chi connectivity index (χ1v) is 4.82. The molecule has 78 valence electrons. The van der Waals surface area contributed by atoms with Gasteiger partial charge in [0.1, 0.15) is 0 Å². The van der Waals surface area contributed by atoms with E-state index in [1.165, 1.54) is 24.5 Å². The van der Waals surface area contributed by atoms with Gasteiger partial charge in [-0.2, -0.15) is 0 Å². The van der Waals surface area contributed by atoms with Crippen LogP contribution in [0.15, 0.2) is 12.1 Å². The van der Waals surface area contributed by atoms with E-state index in [1.54, 1.807) is 6.07 Å². The Balaban J connectivity index is 2.73. The number of methoxy groups -OCH3 is 1. The van der Waals surface area contributed by atoms with Gasteiger partial charge in [-0.1, -0.05) is 11.3 Å². The fourth-order valence-electron chi connectivity index (χ4n) is 1.27. The average molecular weight is 225 g/mol. The van der Waals surface area contributed by atoms with Gasteiger partial charge >= 0.3 is 5.69 Å². The molecule has 6 nitrogen and oxygen atoms in total. The molecule has 0 amide bonds. The largest absolute Gasteiger partial charge is 0.490 e. The third-order valence-corrected chi connectivity index (χ3v) is 2.75. The lowest BCUT2D eigenvalue weighted by atomic mass is 10.3. The smallest absolute Gasteiger partial charge is 0.313 e. The first-order valence-electron chi connectivity index (χ1n) is 4.00. The average Bonchev–Trinajstić information content (AvgIpc) is 2.54. The predicted molar refractivity (Wildman–Crippen MR) is 57.2 cm³/mol. The number of nitrogens with zero attached hydrogens (tertiary/aromatic N) is 2. The number of hydrogen-bond acceptors (Lipinski definition) is 6. The lowest BCUT2D eigenvalue weighted by Gasteiger charge is -2.00. The number of rotatable bonds is 2. The van der Waals surface area contributed by atoms with E-state index in [1.807, 2.05) is 0 Å². The molecule has 1 heterocycles. The number of benzene rings is 1. The summed E-state index contributed by atoms with van der Waals surface area (Å²) in [5.74, 6) is 0.219. The van der Waals surface area contributed by atoms with Crippen LogP contribution >= 0.6 is 11.3 Å². The Kier molecular flexibility index (Phi) is 2.16. The molecule has 0 saturated heterocycles. The molecule has 15 heavy (non-hydrogen) atoms. The van der Waals surface area contributed by atoms with Gasteiger partial charge in [0.25, 0.3) is 0 Å². The highest BCUT2D eigenvalue weighted by molar-refractivity contribution is 7.22. The quantitative estimate of drug-likeness (QED) is 0.621. The zero-order valence-electron chi connectivity index (χ0n) is 7.76. The predicted octanol–water partition coefficient (Wildman–Crippen LogP) is 1.80. The molecule has 2 aromatic rings. The third kappa shape index (κ3) is 1.57. The first-order chi connectivity index (χ1) is 7.11. The summed E-state index contributed by atoms with van der Waals surface area (Å²) in [6.07, 6.45) is 0. The molecular weight excluding hydrogens is 218 g/mol. The Morgan fingerprint density at radius 2 is 2.33 bits per heavy atom. The fraction of sp³-hybridized carbons (Fsp3) is 0.125. The van der Waals surface area contributed by atoms with Crippen LogP contribution in [-0.2, 0) is 0 Å². The summed E-state index contributed by atoms with van der Waals surface area (Å²) in [5, 5.41) is 11.1. The second kappa shape index (κ2) is 3.35. The molecule has 1 aromatic heterocycles. The summed E-state index contributed by atoms with van der Waals surface area (Å²) in [4.78, 5) is 14.2. The third-order valence-electron chi connectivity index (χ3n) is 1.90. The van der Waals surface area contributed by atoms with Crippen molar-refractivity contribution in [3.05, 3.63) is 22.2 Å². The number of anilines is 1. The number of nitrogen functional groups attached to an aromatic ring is 1. The maximum atomic E-state index is 10.7. The minimum absolute atomic E-state index is 0.102. The number of hydrogen-bond donors (Lipinski definition) is 1. The van der Waals surface area contributed by atoms with Crippen LogP contribution in [0.3, 0.4) is 0 Å². The number of nitro groups is 1. The van der Waals surface area contributed by atoms with Gasteiger partial charge in [-0.15, -0.1) is 0 Å². The van der Waals surface area contributed by atoms with Crippen molar-refractivity contribution in [2.75, 3.05) is 12.8 Å². The van der Waals surface area contributed by atoms with Gasteiger partial charge in [-0.25, -0.2) is 4.98 Å². The van der Waals surface area contributed by atoms with E-state index in [2.05, 4.69) is 4.98 Å². The molecule has 0 radical (unpaired) electrons. The second-order valence-corrected chi connectivity index (χ2v) is 3.86. The molecule has 1 aromatic carbocycles. The monoisotopic (exact) mass is 225 g/mol. The molecule has 0 aliphatic rings. The molecule has 7 heteroatoms. The number of fused-ring (bicyclic) bond motifs is 1. The summed E-state index contributed by atoms with van der Waals surface area (Å²) in [7, 11) is 1.39. The molecule has 0 unspecified atom stereocenters. The van der Waals surface area contributed by atoms with Gasteiger partial charge in [-0.05, 0) is 0 Å². The van der Waals surface area contributed by atoms with Crippen molar-refractivity contribution in [2.45, 2.75) is 0 Å². The highest BCUT2D eigenvalue weighted by Crippen LogP contribution is 2.34. The molecule has 0 aliphatic carbocycles. The standard InChI is InChI=1S/C8H7N3O3S/c1-14-6-3-7-4(10-8(9)15-7)2-5(6)11(12)13/h2-3H,1H3,(H2,9,10). The second-order valence-electron chi connectivity index (χ2n) is 2.80. The maximum absolute atomic E-state index is 10.7. The molecule has 0 atom stereocenters. The van der Waals surface area contributed by atoms with Crippen molar-refractivity contribution in [2.24, 2.45) is 0 Å². The first kappa shape index (κ1) is 9.66. The Bertz CT molecular complexity index is 537. The Morgan fingerprint density at radius 3 is 2.93 bits per heavy atom. The SMILES string of the molecule is COc1cc2sc(N)nc2cc1[N+](=O)[O-]. The molecule has 2 N–H and O–H groups in total. The van der Waals surface area contributed by atoms with E-state index in [4.69, 9.17) is 10.5 Å². The zero-order valence-corrected chi connectivity index (χ0v) is 8.58. The van der Waals surface area contributed by atoms with E-state index < -0.39 is 4.92 Å². The summed E-state index contributed by atoms with van der Waals surface area (Å²) in [5.41, 5.74) is 5.92. The highest BCUT2D eigenvalue weighted by Gasteiger charge is 2.17. The van der Waals surface area contributed by atoms with E-state index >= 15 is 0 Å². The zero-order chi connectivity index (χ0) is 11.0. The molecule has 0 bridgehead atoms. The molecule has 0 aliphatic heterocycles. The normalized spacial score (nSPS) is 10.5. The summed E-state index contributed by atoms with van der Waals surface area (Å²) in [6, 6.07) is 2.93. The number of ether oxygens (including phenoxy) is 1. The van der Waals surface area contributed by atoms with Crippen molar-refractivity contribution < 1.29 is 9.66 Å². The van der Waals surface area contributed by atoms with Gasteiger partial charge in [0.15, 0.2) is 10.9 Å². The summed E-state index contributed by atoms with van der Waals surface area (Å²) >= 11 is 1.27. The van der Waals surface area contributed by atoms with Crippen LogP contribution in [0.25, 0.3) is 10.2 Å². The minimum atomic E-state index is -0.506. The van der Waals surface area contributed by atoms with Crippen LogP contribution in [0.5, 0.6) is 5.75 Å². The number of nitro benzene ring substituents is 1. The van der Waals surface area contributed by atoms with Crippen LogP contribution < -0.4 is 10.5 Å². The Labute approximate surface area is 88.4 Å². The number of aromatic nitrogens is 1. The lowest BCUT2D eigenvalue weighted by Crippen LogP contribution is -1.93. The van der Waals surface area contributed by atoms with Gasteiger partial charge in [0.05, 0.1) is 22.2 Å². The van der Waals surface area contributed by atoms with Crippen LogP contribution in [-0.4, -0.2) is 17.0 Å². The fourth-order valence-corrected chi connectivity index (χ4v) is 2.01. The molecule has 0 spiro atoms. The molecular formula is C8H7N3O3S. The van der Waals surface area contributed by atoms with Gasteiger partial charge in [-0.3, -0.25) is 10.1 Å².